The highest BCUT2D eigenvalue weighted by Crippen LogP contribution is 2.25. The Labute approximate surface area is 89.9 Å². The fraction of sp³-hybridized carbons (Fsp3) is 0.200. The first-order valence-corrected chi connectivity index (χ1v) is 5.30. The average Bonchev–Trinajstić information content (AvgIpc) is 2.01. The van der Waals surface area contributed by atoms with E-state index in [4.69, 9.17) is 0 Å². The van der Waals surface area contributed by atoms with E-state index < -0.39 is 0 Å². The number of hydrogen-bond donors (Lipinski definition) is 0. The van der Waals surface area contributed by atoms with Crippen LogP contribution in [-0.4, -0.2) is 0 Å². The van der Waals surface area contributed by atoms with Crippen molar-refractivity contribution >= 4 is 31.9 Å². The van der Waals surface area contributed by atoms with Crippen LogP contribution in [0.3, 0.4) is 0 Å². The van der Waals surface area contributed by atoms with Gasteiger partial charge in [-0.2, -0.15) is 0 Å². The lowest BCUT2D eigenvalue weighted by Crippen LogP contribution is -1.88. The van der Waals surface area contributed by atoms with Gasteiger partial charge >= 0.3 is 0 Å². The van der Waals surface area contributed by atoms with Gasteiger partial charge in [0.2, 0.25) is 0 Å². The summed E-state index contributed by atoms with van der Waals surface area (Å²) >= 11 is 6.89. The Morgan fingerprint density at radius 2 is 1.75 bits per heavy atom. The summed E-state index contributed by atoms with van der Waals surface area (Å²) in [5.74, 6) is 0.402. The molecule has 0 fully saturated rings. The van der Waals surface area contributed by atoms with E-state index in [-0.39, 0.29) is 0 Å². The Bertz CT molecular complexity index is 272. The second-order valence-electron chi connectivity index (χ2n) is 2.73. The van der Waals surface area contributed by atoms with E-state index >= 15 is 0 Å². The molecular formula is C10H10Br2. The van der Waals surface area contributed by atoms with Crippen LogP contribution in [0.4, 0.5) is 0 Å². The molecular weight excluding hydrogens is 280 g/mol. The predicted octanol–water partition coefficient (Wildman–Crippen LogP) is 4.50. The van der Waals surface area contributed by atoms with E-state index in [0.29, 0.717) is 5.92 Å². The molecule has 1 aromatic rings. The summed E-state index contributed by atoms with van der Waals surface area (Å²) in [6.45, 7) is 5.89. The van der Waals surface area contributed by atoms with E-state index in [9.17, 15) is 0 Å². The van der Waals surface area contributed by atoms with E-state index in [0.717, 1.165) is 8.95 Å². The smallest absolute Gasteiger partial charge is 0.0189 e. The van der Waals surface area contributed by atoms with Crippen molar-refractivity contribution in [2.45, 2.75) is 12.8 Å². The fourth-order valence-corrected chi connectivity index (χ4v) is 2.30. The molecule has 1 atom stereocenters. The molecule has 1 unspecified atom stereocenters. The quantitative estimate of drug-likeness (QED) is 0.703. The second-order valence-corrected chi connectivity index (χ2v) is 4.56. The lowest BCUT2D eigenvalue weighted by atomic mass is 10.0. The number of allylic oxidation sites excluding steroid dienone is 1. The molecule has 0 aromatic heterocycles. The molecule has 0 amide bonds. The van der Waals surface area contributed by atoms with Gasteiger partial charge in [-0.05, 0) is 29.7 Å². The molecule has 0 aliphatic heterocycles. The van der Waals surface area contributed by atoms with Crippen LogP contribution in [0.1, 0.15) is 18.4 Å². The lowest BCUT2D eigenvalue weighted by Gasteiger charge is -2.07. The van der Waals surface area contributed by atoms with Crippen LogP contribution in [0.5, 0.6) is 0 Å². The Balaban J connectivity index is 3.08. The molecule has 2 heteroatoms. The molecule has 0 spiro atoms. The molecule has 0 heterocycles. The minimum absolute atomic E-state index is 0.402. The predicted molar refractivity (Wildman–Crippen MR) is 60.5 cm³/mol. The minimum Gasteiger partial charge on any atom is -0.102 e. The topological polar surface area (TPSA) is 0 Å². The van der Waals surface area contributed by atoms with Gasteiger partial charge in [-0.1, -0.05) is 44.9 Å². The molecule has 64 valence electrons. The Hall–Kier alpha value is -0.0800. The van der Waals surface area contributed by atoms with E-state index in [2.05, 4.69) is 57.5 Å². The van der Waals surface area contributed by atoms with Gasteiger partial charge in [-0.25, -0.2) is 0 Å². The van der Waals surface area contributed by atoms with Crippen LogP contribution < -0.4 is 0 Å². The van der Waals surface area contributed by atoms with Crippen LogP contribution in [0.15, 0.2) is 39.8 Å². The highest BCUT2D eigenvalue weighted by Gasteiger charge is 2.02. The molecule has 12 heavy (non-hydrogen) atoms. The molecule has 0 aliphatic carbocycles. The van der Waals surface area contributed by atoms with Crippen molar-refractivity contribution in [1.82, 2.24) is 0 Å². The zero-order chi connectivity index (χ0) is 9.14. The maximum absolute atomic E-state index is 3.77. The zero-order valence-corrected chi connectivity index (χ0v) is 10.0. The van der Waals surface area contributed by atoms with Gasteiger partial charge in [0, 0.05) is 8.95 Å². The summed E-state index contributed by atoms with van der Waals surface area (Å²) < 4.78 is 2.20. The van der Waals surface area contributed by atoms with Crippen LogP contribution in [0.25, 0.3) is 0 Å². The largest absolute Gasteiger partial charge is 0.102 e. The Kier molecular flexibility index (Phi) is 3.53. The molecule has 1 aromatic carbocycles. The maximum Gasteiger partial charge on any atom is 0.0189 e. The summed E-state index contributed by atoms with van der Waals surface area (Å²) in [5.41, 5.74) is 1.27. The van der Waals surface area contributed by atoms with Crippen LogP contribution in [0.2, 0.25) is 0 Å². The highest BCUT2D eigenvalue weighted by atomic mass is 79.9. The summed E-state index contributed by atoms with van der Waals surface area (Å²) in [6.07, 6.45) is 1.94. The van der Waals surface area contributed by atoms with Gasteiger partial charge in [-0.3, -0.25) is 0 Å². The molecule has 0 aliphatic rings. The molecule has 0 saturated carbocycles. The second kappa shape index (κ2) is 4.24. The van der Waals surface area contributed by atoms with Gasteiger partial charge in [0.1, 0.15) is 0 Å². The summed E-state index contributed by atoms with van der Waals surface area (Å²) in [4.78, 5) is 0. The van der Waals surface area contributed by atoms with E-state index in [1.165, 1.54) is 5.56 Å². The van der Waals surface area contributed by atoms with Crippen LogP contribution in [0, 0.1) is 0 Å². The number of benzene rings is 1. The molecule has 0 saturated heterocycles. The third-order valence-corrected chi connectivity index (χ3v) is 2.68. The van der Waals surface area contributed by atoms with Crippen molar-refractivity contribution in [1.29, 1.82) is 0 Å². The van der Waals surface area contributed by atoms with Gasteiger partial charge in [0.25, 0.3) is 0 Å². The number of rotatable bonds is 2. The zero-order valence-electron chi connectivity index (χ0n) is 6.85. The molecule has 0 radical (unpaired) electrons. The van der Waals surface area contributed by atoms with E-state index in [1.807, 2.05) is 12.1 Å². The van der Waals surface area contributed by atoms with E-state index in [1.54, 1.807) is 0 Å². The summed E-state index contributed by atoms with van der Waals surface area (Å²) in [7, 11) is 0. The lowest BCUT2D eigenvalue weighted by molar-refractivity contribution is 0.968. The first-order chi connectivity index (χ1) is 5.63. The van der Waals surface area contributed by atoms with Crippen LogP contribution in [-0.2, 0) is 0 Å². The molecule has 0 bridgehead atoms. The average molecular weight is 290 g/mol. The number of halogens is 2. The fourth-order valence-electron chi connectivity index (χ4n) is 0.974. The van der Waals surface area contributed by atoms with Crippen molar-refractivity contribution in [2.75, 3.05) is 0 Å². The molecule has 0 N–H and O–H groups in total. The SMILES string of the molecule is C=CC(C)c1cc(Br)cc(Br)c1. The first-order valence-electron chi connectivity index (χ1n) is 3.72. The van der Waals surface area contributed by atoms with Crippen LogP contribution >= 0.6 is 31.9 Å². The third-order valence-electron chi connectivity index (χ3n) is 1.76. The first kappa shape index (κ1) is 10.0. The van der Waals surface area contributed by atoms with Gasteiger partial charge in [-0.15, -0.1) is 6.58 Å². The monoisotopic (exact) mass is 288 g/mol. The molecule has 0 nitrogen and oxygen atoms in total. The van der Waals surface area contributed by atoms with Crippen molar-refractivity contribution in [3.63, 3.8) is 0 Å². The number of hydrogen-bond acceptors (Lipinski definition) is 0. The third kappa shape index (κ3) is 2.46. The van der Waals surface area contributed by atoms with Crippen molar-refractivity contribution < 1.29 is 0 Å². The van der Waals surface area contributed by atoms with Crippen molar-refractivity contribution in [3.8, 4) is 0 Å². The Morgan fingerprint density at radius 3 is 2.17 bits per heavy atom. The molecule has 1 rings (SSSR count). The Morgan fingerprint density at radius 1 is 1.25 bits per heavy atom. The highest BCUT2D eigenvalue weighted by molar-refractivity contribution is 9.11. The summed E-state index contributed by atoms with van der Waals surface area (Å²) in [5, 5.41) is 0. The van der Waals surface area contributed by atoms with Gasteiger partial charge < -0.3 is 0 Å². The normalized spacial score (nSPS) is 12.6. The van der Waals surface area contributed by atoms with Gasteiger partial charge in [0.05, 0.1) is 0 Å². The van der Waals surface area contributed by atoms with Gasteiger partial charge in [0.15, 0.2) is 0 Å². The van der Waals surface area contributed by atoms with Crippen molar-refractivity contribution in [2.24, 2.45) is 0 Å². The van der Waals surface area contributed by atoms with Crippen molar-refractivity contribution in [3.05, 3.63) is 45.4 Å². The maximum atomic E-state index is 3.77. The summed E-state index contributed by atoms with van der Waals surface area (Å²) in [6, 6.07) is 6.24. The minimum atomic E-state index is 0.402. The standard InChI is InChI=1S/C10H10Br2/c1-3-7(2)8-4-9(11)6-10(12)5-8/h3-7H,1H2,2H3.